The molecule has 1 fully saturated rings. The van der Waals surface area contributed by atoms with Crippen LogP contribution in [0.5, 0.6) is 11.6 Å². The minimum atomic E-state index is -0.649. The predicted octanol–water partition coefficient (Wildman–Crippen LogP) is 5.03. The van der Waals surface area contributed by atoms with Crippen LogP contribution in [0.1, 0.15) is 32.3 Å². The highest BCUT2D eigenvalue weighted by molar-refractivity contribution is 5.65. The molecule has 37 heavy (non-hydrogen) atoms. The summed E-state index contributed by atoms with van der Waals surface area (Å²) in [7, 11) is 1.82. The van der Waals surface area contributed by atoms with Gasteiger partial charge in [-0.05, 0) is 30.9 Å². The van der Waals surface area contributed by atoms with Crippen molar-refractivity contribution in [2.75, 3.05) is 32.9 Å². The maximum absolute atomic E-state index is 13.9. The first-order chi connectivity index (χ1) is 17.9. The minimum Gasteiger partial charge on any atom is -0.439 e. The van der Waals surface area contributed by atoms with Gasteiger partial charge in [0.1, 0.15) is 17.3 Å². The Morgan fingerprint density at radius 1 is 1.16 bits per heavy atom. The van der Waals surface area contributed by atoms with Crippen molar-refractivity contribution >= 4 is 0 Å². The van der Waals surface area contributed by atoms with Gasteiger partial charge in [0.15, 0.2) is 0 Å². The molecule has 1 aliphatic rings. The lowest BCUT2D eigenvalue weighted by molar-refractivity contribution is -0.00399. The van der Waals surface area contributed by atoms with Crippen molar-refractivity contribution < 1.29 is 23.7 Å². The first-order valence-corrected chi connectivity index (χ1v) is 13.0. The molecule has 200 valence electrons. The second-order valence-electron chi connectivity index (χ2n) is 10.1. The molecule has 4 rings (SSSR count). The average Bonchev–Trinajstić information content (AvgIpc) is 3.48. The van der Waals surface area contributed by atoms with Crippen molar-refractivity contribution in [1.29, 1.82) is 0 Å². The normalized spacial score (nSPS) is 16.6. The maximum atomic E-state index is 13.9. The molecule has 1 N–H and O–H groups in total. The number of rotatable bonds is 13. The summed E-state index contributed by atoms with van der Waals surface area (Å²) in [6.45, 7) is 7.37. The largest absolute Gasteiger partial charge is 0.439 e. The molecule has 2 heterocycles. The van der Waals surface area contributed by atoms with E-state index in [0.717, 1.165) is 36.3 Å². The highest BCUT2D eigenvalue weighted by atomic mass is 19.1. The zero-order valence-corrected chi connectivity index (χ0v) is 22.0. The molecule has 0 unspecified atom stereocenters. The molecule has 0 amide bonds. The van der Waals surface area contributed by atoms with Crippen LogP contribution in [0.4, 0.5) is 4.39 Å². The third-order valence-electron chi connectivity index (χ3n) is 6.24. The molecule has 2 atom stereocenters. The average molecular weight is 512 g/mol. The third-order valence-corrected chi connectivity index (χ3v) is 6.24. The molecule has 7 nitrogen and oxygen atoms in total. The van der Waals surface area contributed by atoms with Crippen LogP contribution in [-0.2, 0) is 23.1 Å². The first-order valence-electron chi connectivity index (χ1n) is 13.0. The lowest BCUT2D eigenvalue weighted by Gasteiger charge is -2.28. The summed E-state index contributed by atoms with van der Waals surface area (Å²) in [5, 5.41) is 15.6. The summed E-state index contributed by atoms with van der Waals surface area (Å²) in [4.78, 5) is 2.18. The molecule has 2 aromatic carbocycles. The van der Waals surface area contributed by atoms with E-state index in [9.17, 15) is 9.50 Å². The fourth-order valence-electron chi connectivity index (χ4n) is 4.59. The van der Waals surface area contributed by atoms with Gasteiger partial charge >= 0.3 is 0 Å². The molecule has 0 aliphatic carbocycles. The van der Waals surface area contributed by atoms with Gasteiger partial charge in [0.25, 0.3) is 0 Å². The summed E-state index contributed by atoms with van der Waals surface area (Å²) in [5.74, 6) is 0.972. The Kier molecular flexibility index (Phi) is 9.68. The van der Waals surface area contributed by atoms with Gasteiger partial charge in [-0.3, -0.25) is 4.90 Å². The number of aliphatic hydroxyl groups is 1. The summed E-state index contributed by atoms with van der Waals surface area (Å²) in [6.07, 6.45) is 1.48. The van der Waals surface area contributed by atoms with E-state index in [1.165, 1.54) is 12.1 Å². The fourth-order valence-corrected chi connectivity index (χ4v) is 4.59. The van der Waals surface area contributed by atoms with Crippen LogP contribution in [0.25, 0.3) is 11.3 Å². The molecule has 8 heteroatoms. The van der Waals surface area contributed by atoms with E-state index in [1.54, 1.807) is 16.8 Å². The number of hydrogen-bond donors (Lipinski definition) is 1. The molecule has 0 bridgehead atoms. The Morgan fingerprint density at radius 2 is 1.97 bits per heavy atom. The van der Waals surface area contributed by atoms with Gasteiger partial charge in [-0.15, -0.1) is 0 Å². The fraction of sp³-hybridized carbons (Fsp3) is 0.483. The van der Waals surface area contributed by atoms with Crippen LogP contribution in [0.15, 0.2) is 54.6 Å². The first kappa shape index (κ1) is 27.3. The molecule has 1 aliphatic heterocycles. The lowest BCUT2D eigenvalue weighted by atomic mass is 10.1. The summed E-state index contributed by atoms with van der Waals surface area (Å²) in [5.41, 5.74) is 2.61. The number of aryl methyl sites for hydroxylation is 1. The number of ether oxygens (including phenoxy) is 3. The number of nitrogens with zero attached hydrogens (tertiary/aromatic N) is 3. The molecule has 0 spiro atoms. The highest BCUT2D eigenvalue weighted by Gasteiger charge is 2.26. The zero-order chi connectivity index (χ0) is 26.2. The van der Waals surface area contributed by atoms with E-state index in [0.29, 0.717) is 43.8 Å². The van der Waals surface area contributed by atoms with Crippen LogP contribution in [0.2, 0.25) is 0 Å². The molecule has 0 saturated carbocycles. The third kappa shape index (κ3) is 7.85. The predicted molar refractivity (Wildman–Crippen MR) is 141 cm³/mol. The number of benzene rings is 2. The van der Waals surface area contributed by atoms with Crippen molar-refractivity contribution in [3.8, 4) is 22.9 Å². The second-order valence-corrected chi connectivity index (χ2v) is 10.1. The van der Waals surface area contributed by atoms with Crippen LogP contribution < -0.4 is 4.74 Å². The van der Waals surface area contributed by atoms with E-state index in [-0.39, 0.29) is 18.5 Å². The van der Waals surface area contributed by atoms with Gasteiger partial charge in [0.2, 0.25) is 5.88 Å². The molecule has 1 saturated heterocycles. The van der Waals surface area contributed by atoms with E-state index >= 15 is 0 Å². The van der Waals surface area contributed by atoms with Gasteiger partial charge in [0.05, 0.1) is 24.4 Å². The Balaban J connectivity index is 1.63. The monoisotopic (exact) mass is 511 g/mol. The van der Waals surface area contributed by atoms with Crippen LogP contribution in [0.3, 0.4) is 0 Å². The lowest BCUT2D eigenvalue weighted by Crippen LogP contribution is -2.39. The summed E-state index contributed by atoms with van der Waals surface area (Å²) >= 11 is 0. The quantitative estimate of drug-likeness (QED) is 0.347. The van der Waals surface area contributed by atoms with Crippen molar-refractivity contribution in [1.82, 2.24) is 14.7 Å². The smallest absolute Gasteiger partial charge is 0.222 e. The van der Waals surface area contributed by atoms with Gasteiger partial charge in [-0.2, -0.15) is 5.10 Å². The van der Waals surface area contributed by atoms with Gasteiger partial charge < -0.3 is 19.3 Å². The van der Waals surface area contributed by atoms with E-state index < -0.39 is 6.10 Å². The van der Waals surface area contributed by atoms with E-state index in [2.05, 4.69) is 18.7 Å². The highest BCUT2D eigenvalue weighted by Crippen LogP contribution is 2.34. The van der Waals surface area contributed by atoms with Gasteiger partial charge in [-0.25, -0.2) is 9.07 Å². The standard InChI is InChI=1S/C29H38FN3O4/c1-21(2)19-35-20-24(34)16-33(17-26-13-8-14-36-26)18-27-28(22-9-5-4-6-10-22)31-32(3)29(27)37-25-12-7-11-23(30)15-25/h4-7,9-12,15,21,24,26,34H,8,13-14,16-20H2,1-3H3/t24-,26+/m1/s1. The number of halogens is 1. The summed E-state index contributed by atoms with van der Waals surface area (Å²) in [6, 6.07) is 16.0. The number of hydrogen-bond acceptors (Lipinski definition) is 6. The van der Waals surface area contributed by atoms with Gasteiger partial charge in [-0.1, -0.05) is 50.2 Å². The topological polar surface area (TPSA) is 69.0 Å². The van der Waals surface area contributed by atoms with Crippen LogP contribution >= 0.6 is 0 Å². The SMILES string of the molecule is CC(C)COC[C@H](O)CN(Cc1c(-c2ccccc2)nn(C)c1Oc1cccc(F)c1)C[C@@H]1CCCO1. The van der Waals surface area contributed by atoms with Crippen molar-refractivity contribution in [3.05, 3.63) is 66.0 Å². The molecule has 3 aromatic rings. The molecular weight excluding hydrogens is 473 g/mol. The Labute approximate surface area is 218 Å². The summed E-state index contributed by atoms with van der Waals surface area (Å²) < 4.78 is 33.4. The van der Waals surface area contributed by atoms with Crippen LogP contribution in [0, 0.1) is 11.7 Å². The Morgan fingerprint density at radius 3 is 2.68 bits per heavy atom. The van der Waals surface area contributed by atoms with Crippen molar-refractivity contribution in [3.63, 3.8) is 0 Å². The van der Waals surface area contributed by atoms with E-state index in [4.69, 9.17) is 19.3 Å². The molecule has 1 aromatic heterocycles. The number of aliphatic hydroxyl groups excluding tert-OH is 1. The Hall–Kier alpha value is -2.78. The second kappa shape index (κ2) is 13.1. The zero-order valence-electron chi connectivity index (χ0n) is 22.0. The van der Waals surface area contributed by atoms with Gasteiger partial charge in [0, 0.05) is 51.5 Å². The van der Waals surface area contributed by atoms with E-state index in [1.807, 2.05) is 37.4 Å². The van der Waals surface area contributed by atoms with Crippen LogP contribution in [-0.4, -0.2) is 64.9 Å². The molecule has 0 radical (unpaired) electrons. The van der Waals surface area contributed by atoms with Crippen molar-refractivity contribution in [2.45, 2.75) is 45.4 Å². The number of aromatic nitrogens is 2. The Bertz CT molecular complexity index is 1120. The van der Waals surface area contributed by atoms with Crippen molar-refractivity contribution in [2.24, 2.45) is 13.0 Å². The molecular formula is C29H38FN3O4. The minimum absolute atomic E-state index is 0.105. The maximum Gasteiger partial charge on any atom is 0.222 e.